The lowest BCUT2D eigenvalue weighted by Crippen LogP contribution is -2.32. The molecule has 0 aliphatic carbocycles. The van der Waals surface area contributed by atoms with E-state index in [0.717, 1.165) is 17.8 Å². The number of rotatable bonds is 5. The highest BCUT2D eigenvalue weighted by Crippen LogP contribution is 2.20. The van der Waals surface area contributed by atoms with Gasteiger partial charge in [0.1, 0.15) is 5.82 Å². The van der Waals surface area contributed by atoms with Gasteiger partial charge in [0.15, 0.2) is 0 Å². The molecular weight excluding hydrogens is 242 g/mol. The van der Waals surface area contributed by atoms with Crippen molar-refractivity contribution >= 4 is 17.2 Å². The summed E-state index contributed by atoms with van der Waals surface area (Å²) >= 11 is 1.80. The van der Waals surface area contributed by atoms with Gasteiger partial charge in [-0.05, 0) is 24.4 Å². The molecule has 0 saturated heterocycles. The fraction of sp³-hybridized carbons (Fsp3) is 0.357. The Morgan fingerprint density at radius 1 is 1.39 bits per heavy atom. The minimum atomic E-state index is 0.406. The maximum atomic E-state index is 5.76. The third-order valence-corrected chi connectivity index (χ3v) is 4.06. The van der Waals surface area contributed by atoms with E-state index in [9.17, 15) is 0 Å². The van der Waals surface area contributed by atoms with Crippen molar-refractivity contribution in [1.29, 1.82) is 0 Å². The van der Waals surface area contributed by atoms with E-state index in [-0.39, 0.29) is 0 Å². The van der Waals surface area contributed by atoms with Crippen molar-refractivity contribution in [2.75, 3.05) is 11.9 Å². The maximum Gasteiger partial charge on any atom is 0.132 e. The Hall–Kier alpha value is -1.39. The van der Waals surface area contributed by atoms with Gasteiger partial charge in [0.05, 0.1) is 0 Å². The Labute approximate surface area is 112 Å². The second kappa shape index (κ2) is 5.98. The Morgan fingerprint density at radius 2 is 2.22 bits per heavy atom. The summed E-state index contributed by atoms with van der Waals surface area (Å²) in [6, 6.07) is 8.65. The Morgan fingerprint density at radius 3 is 2.89 bits per heavy atom. The van der Waals surface area contributed by atoms with Gasteiger partial charge in [-0.1, -0.05) is 12.1 Å². The summed E-state index contributed by atoms with van der Waals surface area (Å²) in [5.41, 5.74) is 6.86. The number of aromatic nitrogens is 1. The van der Waals surface area contributed by atoms with Crippen molar-refractivity contribution in [1.82, 2.24) is 4.98 Å². The normalized spacial score (nSPS) is 12.4. The molecule has 2 aromatic rings. The van der Waals surface area contributed by atoms with E-state index in [2.05, 4.69) is 41.4 Å². The maximum absolute atomic E-state index is 5.76. The van der Waals surface area contributed by atoms with Gasteiger partial charge in [-0.3, -0.25) is 0 Å². The smallest absolute Gasteiger partial charge is 0.132 e. The van der Waals surface area contributed by atoms with Crippen LogP contribution in [0.25, 0.3) is 0 Å². The van der Waals surface area contributed by atoms with Crippen LogP contribution in [0.15, 0.2) is 35.8 Å². The minimum absolute atomic E-state index is 0.406. The highest BCUT2D eigenvalue weighted by molar-refractivity contribution is 7.09. The minimum Gasteiger partial charge on any atom is -0.356 e. The quantitative estimate of drug-likeness (QED) is 0.899. The highest BCUT2D eigenvalue weighted by atomic mass is 32.1. The molecule has 2 aromatic heterocycles. The first kappa shape index (κ1) is 13.1. The van der Waals surface area contributed by atoms with Crippen molar-refractivity contribution in [3.05, 3.63) is 46.3 Å². The van der Waals surface area contributed by atoms with Gasteiger partial charge in [-0.25, -0.2) is 4.98 Å². The van der Waals surface area contributed by atoms with E-state index in [1.54, 1.807) is 11.3 Å². The van der Waals surface area contributed by atoms with Gasteiger partial charge >= 0.3 is 0 Å². The third-order valence-electron chi connectivity index (χ3n) is 3.16. The number of nitrogens with zero attached hydrogens (tertiary/aromatic N) is 2. The monoisotopic (exact) mass is 261 g/mol. The molecule has 18 heavy (non-hydrogen) atoms. The van der Waals surface area contributed by atoms with Gasteiger partial charge < -0.3 is 10.6 Å². The van der Waals surface area contributed by atoms with Crippen molar-refractivity contribution in [3.63, 3.8) is 0 Å². The average molecular weight is 261 g/mol. The molecule has 0 aromatic carbocycles. The van der Waals surface area contributed by atoms with Gasteiger partial charge in [0, 0.05) is 42.7 Å². The second-order valence-corrected chi connectivity index (χ2v) is 5.47. The molecule has 1 atom stereocenters. The SMILES string of the molecule is CC(Cc1cccs1)N(C)c1ncccc1CN. The molecule has 0 radical (unpaired) electrons. The number of pyridine rings is 1. The summed E-state index contributed by atoms with van der Waals surface area (Å²) in [7, 11) is 2.08. The second-order valence-electron chi connectivity index (χ2n) is 4.43. The molecule has 0 aliphatic rings. The summed E-state index contributed by atoms with van der Waals surface area (Å²) in [5, 5.41) is 2.12. The van der Waals surface area contributed by atoms with Crippen molar-refractivity contribution in [2.45, 2.75) is 25.9 Å². The van der Waals surface area contributed by atoms with Crippen LogP contribution in [0.1, 0.15) is 17.4 Å². The van der Waals surface area contributed by atoms with Crippen molar-refractivity contribution < 1.29 is 0 Å². The number of hydrogen-bond donors (Lipinski definition) is 1. The summed E-state index contributed by atoms with van der Waals surface area (Å²) in [6.07, 6.45) is 2.86. The molecular formula is C14H19N3S. The molecule has 4 heteroatoms. The predicted molar refractivity (Wildman–Crippen MR) is 78.0 cm³/mol. The predicted octanol–water partition coefficient (Wildman–Crippen LogP) is 2.67. The molecule has 0 aliphatic heterocycles. The highest BCUT2D eigenvalue weighted by Gasteiger charge is 2.14. The first-order valence-electron chi connectivity index (χ1n) is 6.11. The largest absolute Gasteiger partial charge is 0.356 e. The number of anilines is 1. The van der Waals surface area contributed by atoms with E-state index in [0.29, 0.717) is 12.6 Å². The molecule has 3 nitrogen and oxygen atoms in total. The third kappa shape index (κ3) is 2.89. The van der Waals surface area contributed by atoms with E-state index in [1.807, 2.05) is 18.3 Å². The van der Waals surface area contributed by atoms with Crippen LogP contribution < -0.4 is 10.6 Å². The Kier molecular flexibility index (Phi) is 4.33. The van der Waals surface area contributed by atoms with Crippen molar-refractivity contribution in [2.24, 2.45) is 5.73 Å². The Balaban J connectivity index is 2.12. The van der Waals surface area contributed by atoms with Crippen LogP contribution in [0.3, 0.4) is 0 Å². The number of thiophene rings is 1. The van der Waals surface area contributed by atoms with Crippen LogP contribution in [0.4, 0.5) is 5.82 Å². The summed E-state index contributed by atoms with van der Waals surface area (Å²) in [6.45, 7) is 2.74. The average Bonchev–Trinajstić information content (AvgIpc) is 2.90. The number of likely N-dealkylation sites (N-methyl/N-ethyl adjacent to an activating group) is 1. The molecule has 1 unspecified atom stereocenters. The van der Waals surface area contributed by atoms with E-state index < -0.39 is 0 Å². The first-order chi connectivity index (χ1) is 8.72. The van der Waals surface area contributed by atoms with Crippen LogP contribution in [0, 0.1) is 0 Å². The summed E-state index contributed by atoms with van der Waals surface area (Å²) in [5.74, 6) is 0.990. The molecule has 0 spiro atoms. The fourth-order valence-corrected chi connectivity index (χ4v) is 2.80. The van der Waals surface area contributed by atoms with E-state index >= 15 is 0 Å². The molecule has 2 heterocycles. The molecule has 2 rings (SSSR count). The molecule has 0 saturated carbocycles. The zero-order valence-corrected chi connectivity index (χ0v) is 11.7. The van der Waals surface area contributed by atoms with Gasteiger partial charge in [0.2, 0.25) is 0 Å². The molecule has 96 valence electrons. The fourth-order valence-electron chi connectivity index (χ4n) is 1.97. The van der Waals surface area contributed by atoms with Crippen LogP contribution >= 0.6 is 11.3 Å². The lowest BCUT2D eigenvalue weighted by Gasteiger charge is -2.27. The zero-order chi connectivity index (χ0) is 13.0. The molecule has 2 N–H and O–H groups in total. The lowest BCUT2D eigenvalue weighted by atomic mass is 10.1. The number of nitrogens with two attached hydrogens (primary N) is 1. The van der Waals surface area contributed by atoms with Gasteiger partial charge in [-0.15, -0.1) is 11.3 Å². The lowest BCUT2D eigenvalue weighted by molar-refractivity contribution is 0.676. The first-order valence-corrected chi connectivity index (χ1v) is 6.99. The van der Waals surface area contributed by atoms with Crippen LogP contribution in [-0.4, -0.2) is 18.1 Å². The summed E-state index contributed by atoms with van der Waals surface area (Å²) in [4.78, 5) is 8.06. The molecule has 0 amide bonds. The zero-order valence-electron chi connectivity index (χ0n) is 10.8. The topological polar surface area (TPSA) is 42.2 Å². The van der Waals surface area contributed by atoms with Crippen molar-refractivity contribution in [3.8, 4) is 0 Å². The number of hydrogen-bond acceptors (Lipinski definition) is 4. The van der Waals surface area contributed by atoms with Gasteiger partial charge in [0.25, 0.3) is 0 Å². The molecule has 0 fully saturated rings. The van der Waals surface area contributed by atoms with Crippen LogP contribution in [-0.2, 0) is 13.0 Å². The van der Waals surface area contributed by atoms with Crippen LogP contribution in [0.2, 0.25) is 0 Å². The van der Waals surface area contributed by atoms with Crippen LogP contribution in [0.5, 0.6) is 0 Å². The Bertz CT molecular complexity index is 482. The van der Waals surface area contributed by atoms with E-state index in [1.165, 1.54) is 4.88 Å². The standard InChI is InChI=1S/C14H19N3S/c1-11(9-13-6-4-8-18-13)17(2)14-12(10-15)5-3-7-16-14/h3-8,11H,9-10,15H2,1-2H3. The van der Waals surface area contributed by atoms with E-state index in [4.69, 9.17) is 5.73 Å². The molecule has 0 bridgehead atoms. The summed E-state index contributed by atoms with van der Waals surface area (Å²) < 4.78 is 0. The van der Waals surface area contributed by atoms with Gasteiger partial charge in [-0.2, -0.15) is 0 Å².